The molecular formula is C13H19N3. The summed E-state index contributed by atoms with van der Waals surface area (Å²) in [5, 5.41) is 3.40. The summed E-state index contributed by atoms with van der Waals surface area (Å²) in [4.78, 5) is 7.77. The van der Waals surface area contributed by atoms with E-state index in [1.807, 2.05) is 24.3 Å². The van der Waals surface area contributed by atoms with Crippen LogP contribution in [-0.4, -0.2) is 16.0 Å². The molecule has 0 spiro atoms. The summed E-state index contributed by atoms with van der Waals surface area (Å²) in [6, 6.07) is 8.57. The fraction of sp³-hybridized carbons (Fsp3) is 0.462. The van der Waals surface area contributed by atoms with Gasteiger partial charge in [-0.05, 0) is 25.5 Å². The first-order valence-electron chi connectivity index (χ1n) is 6.01. The lowest BCUT2D eigenvalue weighted by Gasteiger charge is -2.11. The molecule has 86 valence electrons. The molecule has 16 heavy (non-hydrogen) atoms. The summed E-state index contributed by atoms with van der Waals surface area (Å²) in [6.07, 6.45) is 3.69. The van der Waals surface area contributed by atoms with E-state index in [2.05, 4.69) is 29.1 Å². The second kappa shape index (κ2) is 5.01. The summed E-state index contributed by atoms with van der Waals surface area (Å²) in [5.74, 6) is 0.879. The van der Waals surface area contributed by atoms with Crippen molar-refractivity contribution in [1.29, 1.82) is 0 Å². The lowest BCUT2D eigenvalue weighted by Crippen LogP contribution is -2.15. The molecule has 0 saturated carbocycles. The molecule has 2 N–H and O–H groups in total. The van der Waals surface area contributed by atoms with Crippen LogP contribution in [0.1, 0.15) is 33.1 Å². The molecule has 0 bridgehead atoms. The van der Waals surface area contributed by atoms with Crippen molar-refractivity contribution in [1.82, 2.24) is 9.97 Å². The first kappa shape index (κ1) is 11.0. The van der Waals surface area contributed by atoms with Gasteiger partial charge in [0.05, 0.1) is 11.0 Å². The van der Waals surface area contributed by atoms with Gasteiger partial charge in [0.25, 0.3) is 0 Å². The second-order valence-electron chi connectivity index (χ2n) is 4.29. The molecule has 0 aliphatic heterocycles. The van der Waals surface area contributed by atoms with Gasteiger partial charge in [0.1, 0.15) is 0 Å². The summed E-state index contributed by atoms with van der Waals surface area (Å²) in [6.45, 7) is 4.41. The van der Waals surface area contributed by atoms with Gasteiger partial charge in [-0.1, -0.05) is 31.9 Å². The van der Waals surface area contributed by atoms with Gasteiger partial charge in [0.2, 0.25) is 5.95 Å². The zero-order valence-corrected chi connectivity index (χ0v) is 9.96. The molecular weight excluding hydrogens is 198 g/mol. The maximum Gasteiger partial charge on any atom is 0.201 e. The summed E-state index contributed by atoms with van der Waals surface area (Å²) < 4.78 is 0. The Morgan fingerprint density at radius 1 is 1.38 bits per heavy atom. The SMILES string of the molecule is CCCCC(C)Nc1nc2ccccc2[nH]1. The van der Waals surface area contributed by atoms with Gasteiger partial charge >= 0.3 is 0 Å². The molecule has 1 atom stereocenters. The highest BCUT2D eigenvalue weighted by Crippen LogP contribution is 2.14. The first-order valence-corrected chi connectivity index (χ1v) is 6.01. The molecule has 0 fully saturated rings. The van der Waals surface area contributed by atoms with Crippen LogP contribution in [0.25, 0.3) is 11.0 Å². The molecule has 0 amide bonds. The van der Waals surface area contributed by atoms with Crippen molar-refractivity contribution in [3.63, 3.8) is 0 Å². The normalized spacial score (nSPS) is 12.9. The third-order valence-corrected chi connectivity index (χ3v) is 2.76. The van der Waals surface area contributed by atoms with E-state index in [4.69, 9.17) is 0 Å². The first-order chi connectivity index (χ1) is 7.79. The average molecular weight is 217 g/mol. The van der Waals surface area contributed by atoms with Crippen LogP contribution in [0, 0.1) is 0 Å². The Morgan fingerprint density at radius 2 is 2.19 bits per heavy atom. The van der Waals surface area contributed by atoms with Crippen LogP contribution in [0.5, 0.6) is 0 Å². The number of benzene rings is 1. The lowest BCUT2D eigenvalue weighted by atomic mass is 10.1. The standard InChI is InChI=1S/C13H19N3/c1-3-4-7-10(2)14-13-15-11-8-5-6-9-12(11)16-13/h5-6,8-10H,3-4,7H2,1-2H3,(H2,14,15,16). The third kappa shape index (κ3) is 2.54. The Bertz CT molecular complexity index is 414. The predicted octanol–water partition coefficient (Wildman–Crippen LogP) is 3.55. The largest absolute Gasteiger partial charge is 0.353 e. The van der Waals surface area contributed by atoms with Crippen LogP contribution in [0.3, 0.4) is 0 Å². The monoisotopic (exact) mass is 217 g/mol. The van der Waals surface area contributed by atoms with E-state index in [9.17, 15) is 0 Å². The zero-order chi connectivity index (χ0) is 11.4. The summed E-state index contributed by atoms with van der Waals surface area (Å²) in [7, 11) is 0. The molecule has 2 aromatic rings. The fourth-order valence-corrected chi connectivity index (χ4v) is 1.84. The van der Waals surface area contributed by atoms with Gasteiger partial charge in [-0.2, -0.15) is 0 Å². The number of hydrogen-bond acceptors (Lipinski definition) is 2. The maximum absolute atomic E-state index is 4.49. The van der Waals surface area contributed by atoms with E-state index in [1.54, 1.807) is 0 Å². The molecule has 1 aromatic carbocycles. The minimum absolute atomic E-state index is 0.473. The number of para-hydroxylation sites is 2. The molecule has 1 heterocycles. The number of aromatic nitrogens is 2. The number of fused-ring (bicyclic) bond motifs is 1. The van der Waals surface area contributed by atoms with Crippen molar-refractivity contribution in [2.45, 2.75) is 39.2 Å². The van der Waals surface area contributed by atoms with E-state index >= 15 is 0 Å². The highest BCUT2D eigenvalue weighted by atomic mass is 15.1. The third-order valence-electron chi connectivity index (χ3n) is 2.76. The molecule has 0 aliphatic carbocycles. The van der Waals surface area contributed by atoms with E-state index in [0.29, 0.717) is 6.04 Å². The van der Waals surface area contributed by atoms with Crippen LogP contribution in [0.4, 0.5) is 5.95 Å². The molecule has 3 nitrogen and oxygen atoms in total. The Labute approximate surface area is 96.3 Å². The van der Waals surface area contributed by atoms with E-state index < -0.39 is 0 Å². The van der Waals surface area contributed by atoms with Gasteiger partial charge in [-0.15, -0.1) is 0 Å². The number of imidazole rings is 1. The van der Waals surface area contributed by atoms with Gasteiger partial charge in [-0.3, -0.25) is 0 Å². The molecule has 0 radical (unpaired) electrons. The molecule has 0 saturated heterocycles. The molecule has 1 aromatic heterocycles. The smallest absolute Gasteiger partial charge is 0.201 e. The van der Waals surface area contributed by atoms with Crippen LogP contribution in [-0.2, 0) is 0 Å². The highest BCUT2D eigenvalue weighted by Gasteiger charge is 2.05. The average Bonchev–Trinajstić information content (AvgIpc) is 2.68. The van der Waals surface area contributed by atoms with Crippen LogP contribution in [0.2, 0.25) is 0 Å². The van der Waals surface area contributed by atoms with Crippen LogP contribution >= 0.6 is 0 Å². The summed E-state index contributed by atoms with van der Waals surface area (Å²) >= 11 is 0. The Morgan fingerprint density at radius 3 is 2.94 bits per heavy atom. The van der Waals surface area contributed by atoms with E-state index in [0.717, 1.165) is 17.0 Å². The van der Waals surface area contributed by atoms with Crippen molar-refractivity contribution in [2.75, 3.05) is 5.32 Å². The van der Waals surface area contributed by atoms with E-state index in [-0.39, 0.29) is 0 Å². The van der Waals surface area contributed by atoms with Crippen LogP contribution in [0.15, 0.2) is 24.3 Å². The number of aromatic amines is 1. The number of nitrogens with one attached hydrogen (secondary N) is 2. The van der Waals surface area contributed by atoms with Crippen molar-refractivity contribution in [3.05, 3.63) is 24.3 Å². The summed E-state index contributed by atoms with van der Waals surface area (Å²) in [5.41, 5.74) is 2.11. The number of rotatable bonds is 5. The van der Waals surface area contributed by atoms with Crippen molar-refractivity contribution >= 4 is 17.0 Å². The minimum atomic E-state index is 0.473. The highest BCUT2D eigenvalue weighted by molar-refractivity contribution is 5.77. The van der Waals surface area contributed by atoms with Gasteiger partial charge in [-0.25, -0.2) is 4.98 Å². The molecule has 2 rings (SSSR count). The topological polar surface area (TPSA) is 40.7 Å². The quantitative estimate of drug-likeness (QED) is 0.804. The van der Waals surface area contributed by atoms with Gasteiger partial charge in [0, 0.05) is 6.04 Å². The predicted molar refractivity (Wildman–Crippen MR) is 68.7 cm³/mol. The zero-order valence-electron chi connectivity index (χ0n) is 9.96. The number of anilines is 1. The fourth-order valence-electron chi connectivity index (χ4n) is 1.84. The minimum Gasteiger partial charge on any atom is -0.353 e. The van der Waals surface area contributed by atoms with Gasteiger partial charge < -0.3 is 10.3 Å². The lowest BCUT2D eigenvalue weighted by molar-refractivity contribution is 0.642. The molecule has 1 unspecified atom stereocenters. The molecule has 3 heteroatoms. The Hall–Kier alpha value is -1.51. The number of H-pyrrole nitrogens is 1. The van der Waals surface area contributed by atoms with Crippen molar-refractivity contribution in [2.24, 2.45) is 0 Å². The second-order valence-corrected chi connectivity index (χ2v) is 4.29. The van der Waals surface area contributed by atoms with Gasteiger partial charge in [0.15, 0.2) is 0 Å². The van der Waals surface area contributed by atoms with E-state index in [1.165, 1.54) is 19.3 Å². The molecule has 0 aliphatic rings. The van der Waals surface area contributed by atoms with Crippen LogP contribution < -0.4 is 5.32 Å². The van der Waals surface area contributed by atoms with Crippen molar-refractivity contribution < 1.29 is 0 Å². The maximum atomic E-state index is 4.49. The number of unbranched alkanes of at least 4 members (excludes halogenated alkanes) is 1. The number of nitrogens with zero attached hydrogens (tertiary/aromatic N) is 1. The Balaban J connectivity index is 2.03. The Kier molecular flexibility index (Phi) is 3.44. The van der Waals surface area contributed by atoms with Crippen molar-refractivity contribution in [3.8, 4) is 0 Å². The number of hydrogen-bond donors (Lipinski definition) is 2.